The lowest BCUT2D eigenvalue weighted by molar-refractivity contribution is -0.707. The van der Waals surface area contributed by atoms with E-state index >= 15 is 0 Å². The number of aryl methyl sites for hydroxylation is 1. The average molecular weight is 343 g/mol. The van der Waals surface area contributed by atoms with Crippen LogP contribution in [-0.4, -0.2) is 0 Å². The van der Waals surface area contributed by atoms with Gasteiger partial charge in [-0.3, -0.25) is 0 Å². The third kappa shape index (κ3) is 3.69. The molecule has 0 aliphatic carbocycles. The van der Waals surface area contributed by atoms with E-state index in [2.05, 4.69) is 25.2 Å². The molecule has 0 unspecified atom stereocenters. The van der Waals surface area contributed by atoms with E-state index in [1.165, 1.54) is 11.1 Å². The molecule has 1 aromatic heterocycles. The summed E-state index contributed by atoms with van der Waals surface area (Å²) in [7, 11) is 0. The summed E-state index contributed by atoms with van der Waals surface area (Å²) in [5.74, 6) is 0. The normalized spacial score (nSPS) is 12.5. The largest absolute Gasteiger partial charge is 0.423 e. The van der Waals surface area contributed by atoms with Crippen molar-refractivity contribution in [3.05, 3.63) is 80.7 Å². The van der Waals surface area contributed by atoms with Gasteiger partial charge in [0.15, 0.2) is 0 Å². The van der Waals surface area contributed by atoms with E-state index in [-0.39, 0.29) is 11.7 Å². The van der Waals surface area contributed by atoms with Gasteiger partial charge in [0.05, 0.1) is 0 Å². The molecule has 124 valence electrons. The van der Waals surface area contributed by atoms with E-state index in [0.717, 1.165) is 28.9 Å². The van der Waals surface area contributed by atoms with E-state index in [9.17, 15) is 4.79 Å². The number of quaternary nitrogens is 1. The number of hydrogen-bond donors (Lipinski definition) is 1. The van der Waals surface area contributed by atoms with Crippen molar-refractivity contribution in [3.63, 3.8) is 0 Å². The highest BCUT2D eigenvalue weighted by Crippen LogP contribution is 2.19. The molecule has 0 amide bonds. The van der Waals surface area contributed by atoms with Crippen LogP contribution in [0.2, 0.25) is 5.02 Å². The Morgan fingerprint density at radius 2 is 1.88 bits per heavy atom. The summed E-state index contributed by atoms with van der Waals surface area (Å²) in [6, 6.07) is 15.9. The molecule has 2 aromatic carbocycles. The van der Waals surface area contributed by atoms with Crippen LogP contribution in [0.3, 0.4) is 0 Å². The predicted octanol–water partition coefficient (Wildman–Crippen LogP) is 3.83. The molecule has 1 atom stereocenters. The van der Waals surface area contributed by atoms with Gasteiger partial charge < -0.3 is 9.73 Å². The van der Waals surface area contributed by atoms with Gasteiger partial charge in [-0.25, -0.2) is 4.79 Å². The molecular weight excluding hydrogens is 322 g/mol. The molecular formula is C20H21ClNO2+. The number of benzene rings is 2. The van der Waals surface area contributed by atoms with Crippen LogP contribution in [0.15, 0.2) is 57.7 Å². The Balaban J connectivity index is 1.84. The minimum absolute atomic E-state index is 0.277. The van der Waals surface area contributed by atoms with E-state index in [0.29, 0.717) is 5.58 Å². The summed E-state index contributed by atoms with van der Waals surface area (Å²) in [6.45, 7) is 4.95. The highest BCUT2D eigenvalue weighted by atomic mass is 35.5. The topological polar surface area (TPSA) is 46.8 Å². The summed E-state index contributed by atoms with van der Waals surface area (Å²) in [6.07, 6.45) is 0.920. The standard InChI is InChI=1S/C20H20ClNO2/c1-3-14-4-9-18-16(11-20(23)24-19(18)10-14)12-22-13(2)15-5-7-17(21)8-6-15/h4-11,13,22H,3,12H2,1-2H3/p+1/t13-/m0/s1. The molecule has 3 rings (SSSR count). The summed E-state index contributed by atoms with van der Waals surface area (Å²) < 4.78 is 5.37. The quantitative estimate of drug-likeness (QED) is 0.716. The van der Waals surface area contributed by atoms with Gasteiger partial charge in [-0.2, -0.15) is 0 Å². The van der Waals surface area contributed by atoms with E-state index in [1.807, 2.05) is 36.4 Å². The second kappa shape index (κ2) is 7.20. The molecule has 0 aliphatic rings. The first kappa shape index (κ1) is 16.7. The van der Waals surface area contributed by atoms with Gasteiger partial charge in [0, 0.05) is 27.6 Å². The molecule has 0 aliphatic heterocycles. The Labute approximate surface area is 146 Å². The monoisotopic (exact) mass is 342 g/mol. The van der Waals surface area contributed by atoms with Crippen molar-refractivity contribution < 1.29 is 9.73 Å². The number of halogens is 1. The summed E-state index contributed by atoms with van der Waals surface area (Å²) in [4.78, 5) is 11.9. The fourth-order valence-corrected chi connectivity index (χ4v) is 3.00. The molecule has 0 bridgehead atoms. The maximum atomic E-state index is 11.9. The summed E-state index contributed by atoms with van der Waals surface area (Å²) >= 11 is 5.94. The second-order valence-electron chi connectivity index (χ2n) is 6.05. The fourth-order valence-electron chi connectivity index (χ4n) is 2.87. The van der Waals surface area contributed by atoms with E-state index in [4.69, 9.17) is 16.0 Å². The van der Waals surface area contributed by atoms with Crippen molar-refractivity contribution in [1.29, 1.82) is 0 Å². The van der Waals surface area contributed by atoms with Crippen molar-refractivity contribution in [2.24, 2.45) is 0 Å². The Morgan fingerprint density at radius 3 is 2.58 bits per heavy atom. The number of fused-ring (bicyclic) bond motifs is 1. The van der Waals surface area contributed by atoms with Gasteiger partial charge in [0.25, 0.3) is 0 Å². The first-order valence-corrected chi connectivity index (χ1v) is 8.59. The lowest BCUT2D eigenvalue weighted by Gasteiger charge is -2.12. The number of nitrogens with two attached hydrogens (primary N) is 1. The third-order valence-electron chi connectivity index (χ3n) is 4.39. The average Bonchev–Trinajstić information content (AvgIpc) is 2.59. The minimum atomic E-state index is -0.293. The van der Waals surface area contributed by atoms with Crippen LogP contribution in [-0.2, 0) is 13.0 Å². The Kier molecular flexibility index (Phi) is 5.03. The highest BCUT2D eigenvalue weighted by Gasteiger charge is 2.12. The molecule has 3 nitrogen and oxygen atoms in total. The summed E-state index contributed by atoms with van der Waals surface area (Å²) in [5.41, 5.74) is 3.76. The van der Waals surface area contributed by atoms with Crippen molar-refractivity contribution in [3.8, 4) is 0 Å². The Bertz CT molecular complexity index is 900. The Hall–Kier alpha value is -2.10. The zero-order valence-corrected chi connectivity index (χ0v) is 14.6. The SMILES string of the molecule is CCc1ccc2c(C[NH2+][C@@H](C)c3ccc(Cl)cc3)cc(=O)oc2c1. The van der Waals surface area contributed by atoms with Crippen molar-refractivity contribution in [2.45, 2.75) is 32.9 Å². The molecule has 0 spiro atoms. The maximum absolute atomic E-state index is 11.9. The molecule has 24 heavy (non-hydrogen) atoms. The van der Waals surface area contributed by atoms with Crippen LogP contribution in [0, 0.1) is 0 Å². The maximum Gasteiger partial charge on any atom is 0.336 e. The van der Waals surface area contributed by atoms with Crippen LogP contribution >= 0.6 is 11.6 Å². The first-order chi connectivity index (χ1) is 11.6. The summed E-state index contributed by atoms with van der Waals surface area (Å²) in [5, 5.41) is 3.96. The molecule has 1 heterocycles. The third-order valence-corrected chi connectivity index (χ3v) is 4.64. The van der Waals surface area contributed by atoms with Crippen LogP contribution in [0.25, 0.3) is 11.0 Å². The zero-order chi connectivity index (χ0) is 17.1. The predicted molar refractivity (Wildman–Crippen MR) is 97.4 cm³/mol. The minimum Gasteiger partial charge on any atom is -0.423 e. The van der Waals surface area contributed by atoms with Gasteiger partial charge >= 0.3 is 5.63 Å². The molecule has 0 saturated carbocycles. The van der Waals surface area contributed by atoms with Crippen LogP contribution < -0.4 is 10.9 Å². The Morgan fingerprint density at radius 1 is 1.12 bits per heavy atom. The highest BCUT2D eigenvalue weighted by molar-refractivity contribution is 6.30. The van der Waals surface area contributed by atoms with Gasteiger partial charge in [-0.05, 0) is 37.1 Å². The molecule has 2 N–H and O–H groups in total. The van der Waals surface area contributed by atoms with Crippen molar-refractivity contribution >= 4 is 22.6 Å². The molecule has 0 saturated heterocycles. The zero-order valence-electron chi connectivity index (χ0n) is 13.9. The van der Waals surface area contributed by atoms with Crippen molar-refractivity contribution in [2.75, 3.05) is 0 Å². The molecule has 0 fully saturated rings. The fraction of sp³-hybridized carbons (Fsp3) is 0.250. The van der Waals surface area contributed by atoms with Gasteiger partial charge in [0.2, 0.25) is 0 Å². The van der Waals surface area contributed by atoms with Gasteiger partial charge in [0.1, 0.15) is 18.2 Å². The van der Waals surface area contributed by atoms with E-state index < -0.39 is 0 Å². The number of rotatable bonds is 5. The van der Waals surface area contributed by atoms with Crippen LogP contribution in [0.5, 0.6) is 0 Å². The van der Waals surface area contributed by atoms with Crippen LogP contribution in [0.4, 0.5) is 0 Å². The lowest BCUT2D eigenvalue weighted by Crippen LogP contribution is -2.83. The van der Waals surface area contributed by atoms with E-state index in [1.54, 1.807) is 6.07 Å². The van der Waals surface area contributed by atoms with Crippen LogP contribution in [0.1, 0.15) is 36.6 Å². The molecule has 3 aromatic rings. The molecule has 0 radical (unpaired) electrons. The first-order valence-electron chi connectivity index (χ1n) is 8.21. The van der Waals surface area contributed by atoms with Gasteiger partial charge in [-0.1, -0.05) is 42.8 Å². The second-order valence-corrected chi connectivity index (χ2v) is 6.49. The molecule has 4 heteroatoms. The van der Waals surface area contributed by atoms with Gasteiger partial charge in [-0.15, -0.1) is 0 Å². The smallest absolute Gasteiger partial charge is 0.336 e. The number of hydrogen-bond acceptors (Lipinski definition) is 2. The lowest BCUT2D eigenvalue weighted by atomic mass is 10.0. The van der Waals surface area contributed by atoms with Crippen molar-refractivity contribution in [1.82, 2.24) is 0 Å².